The third kappa shape index (κ3) is 3.72. The monoisotopic (exact) mass is 357 g/mol. The predicted molar refractivity (Wildman–Crippen MR) is 105 cm³/mol. The van der Waals surface area contributed by atoms with Gasteiger partial charge in [-0.3, -0.25) is 9.59 Å². The molecule has 3 aromatic rings. The Labute approximate surface area is 157 Å². The maximum atomic E-state index is 12.4. The Morgan fingerprint density at radius 3 is 2.48 bits per heavy atom. The average molecular weight is 357 g/mol. The van der Waals surface area contributed by atoms with Crippen LogP contribution in [0.4, 0.5) is 5.69 Å². The first-order valence-electron chi connectivity index (χ1n) is 8.94. The van der Waals surface area contributed by atoms with Crippen molar-refractivity contribution in [2.24, 2.45) is 0 Å². The zero-order valence-corrected chi connectivity index (χ0v) is 14.8. The van der Waals surface area contributed by atoms with E-state index in [1.54, 1.807) is 40.1 Å². The molecule has 1 saturated heterocycles. The molecule has 1 fully saturated rings. The number of hydrogen-bond acceptors (Lipinski definition) is 3. The lowest BCUT2D eigenvalue weighted by atomic mass is 10.1. The number of benzene rings is 2. The number of nitrogens with zero attached hydrogens (tertiary/aromatic N) is 3. The van der Waals surface area contributed by atoms with Gasteiger partial charge in [0.25, 0.3) is 0 Å². The van der Waals surface area contributed by atoms with E-state index in [2.05, 4.69) is 5.10 Å². The average Bonchev–Trinajstić information content (AvgIpc) is 3.36. The van der Waals surface area contributed by atoms with Gasteiger partial charge >= 0.3 is 0 Å². The molecule has 0 spiro atoms. The van der Waals surface area contributed by atoms with E-state index in [4.69, 9.17) is 0 Å². The van der Waals surface area contributed by atoms with Crippen LogP contribution in [0.5, 0.6) is 0 Å². The molecule has 0 radical (unpaired) electrons. The van der Waals surface area contributed by atoms with Crippen molar-refractivity contribution in [1.29, 1.82) is 0 Å². The fourth-order valence-corrected chi connectivity index (χ4v) is 3.14. The molecule has 0 atom stereocenters. The Balaban J connectivity index is 1.44. The molecule has 0 N–H and O–H groups in total. The van der Waals surface area contributed by atoms with Crippen LogP contribution in [0.2, 0.25) is 0 Å². The van der Waals surface area contributed by atoms with Crippen molar-refractivity contribution in [2.75, 3.05) is 11.4 Å². The number of rotatable bonds is 5. The molecule has 1 aromatic heterocycles. The summed E-state index contributed by atoms with van der Waals surface area (Å²) in [6, 6.07) is 17.0. The summed E-state index contributed by atoms with van der Waals surface area (Å²) in [4.78, 5) is 26.0. The van der Waals surface area contributed by atoms with Gasteiger partial charge in [0, 0.05) is 36.0 Å². The highest BCUT2D eigenvalue weighted by Crippen LogP contribution is 2.22. The molecule has 5 heteroatoms. The van der Waals surface area contributed by atoms with Crippen LogP contribution < -0.4 is 4.90 Å². The first kappa shape index (κ1) is 17.0. The molecule has 1 aliphatic rings. The van der Waals surface area contributed by atoms with Crippen molar-refractivity contribution in [2.45, 2.75) is 12.8 Å². The van der Waals surface area contributed by atoms with Crippen molar-refractivity contribution >= 4 is 23.5 Å². The van der Waals surface area contributed by atoms with Gasteiger partial charge in [-0.2, -0.15) is 5.10 Å². The van der Waals surface area contributed by atoms with Crippen LogP contribution in [-0.4, -0.2) is 28.0 Å². The van der Waals surface area contributed by atoms with Gasteiger partial charge in [-0.05, 0) is 55.0 Å². The van der Waals surface area contributed by atoms with Gasteiger partial charge in [0.05, 0.1) is 11.9 Å². The SMILES string of the molecule is O=C(/C=C/c1cnn(-c2ccccc2)c1)c1ccc(N2CCCC2=O)cc1. The van der Waals surface area contributed by atoms with Gasteiger partial charge in [0.2, 0.25) is 5.91 Å². The molecule has 0 saturated carbocycles. The molecule has 2 aromatic carbocycles. The normalized spacial score (nSPS) is 14.2. The maximum Gasteiger partial charge on any atom is 0.227 e. The lowest BCUT2D eigenvalue weighted by Gasteiger charge is -2.15. The summed E-state index contributed by atoms with van der Waals surface area (Å²) in [5, 5.41) is 4.32. The predicted octanol–water partition coefficient (Wildman–Crippen LogP) is 3.90. The highest BCUT2D eigenvalue weighted by Gasteiger charge is 2.21. The Morgan fingerprint density at radius 2 is 1.78 bits per heavy atom. The van der Waals surface area contributed by atoms with E-state index in [1.807, 2.05) is 48.7 Å². The molecule has 27 heavy (non-hydrogen) atoms. The molecule has 1 aliphatic heterocycles. The summed E-state index contributed by atoms with van der Waals surface area (Å²) in [5.41, 5.74) is 3.27. The van der Waals surface area contributed by atoms with E-state index >= 15 is 0 Å². The number of carbonyl (C=O) groups excluding carboxylic acids is 2. The van der Waals surface area contributed by atoms with Crippen molar-refractivity contribution in [3.05, 3.63) is 84.2 Å². The minimum absolute atomic E-state index is 0.0817. The lowest BCUT2D eigenvalue weighted by molar-refractivity contribution is -0.117. The first-order chi connectivity index (χ1) is 13.2. The van der Waals surface area contributed by atoms with E-state index in [1.165, 1.54) is 0 Å². The molecule has 0 bridgehead atoms. The van der Waals surface area contributed by atoms with Crippen LogP contribution in [-0.2, 0) is 4.79 Å². The summed E-state index contributed by atoms with van der Waals surface area (Å²) in [5.74, 6) is 0.0613. The van der Waals surface area contributed by atoms with Gasteiger partial charge in [-0.15, -0.1) is 0 Å². The molecular weight excluding hydrogens is 338 g/mol. The fourth-order valence-electron chi connectivity index (χ4n) is 3.14. The third-order valence-electron chi connectivity index (χ3n) is 4.59. The molecule has 2 heterocycles. The number of ketones is 1. The van der Waals surface area contributed by atoms with Gasteiger partial charge in [-0.1, -0.05) is 18.2 Å². The minimum Gasteiger partial charge on any atom is -0.312 e. The number of carbonyl (C=O) groups is 2. The second-order valence-electron chi connectivity index (χ2n) is 6.45. The number of aromatic nitrogens is 2. The number of para-hydroxylation sites is 1. The standard InChI is InChI=1S/C22H19N3O2/c26-21(18-9-11-19(12-10-18)24-14-4-7-22(24)27)13-8-17-15-23-25(16-17)20-5-2-1-3-6-20/h1-3,5-6,8-13,15-16H,4,7,14H2/b13-8+. The van der Waals surface area contributed by atoms with E-state index in [0.717, 1.165) is 29.9 Å². The van der Waals surface area contributed by atoms with Gasteiger partial charge in [0.15, 0.2) is 5.78 Å². The summed E-state index contributed by atoms with van der Waals surface area (Å²) in [7, 11) is 0. The van der Waals surface area contributed by atoms with E-state index in [9.17, 15) is 9.59 Å². The zero-order chi connectivity index (χ0) is 18.6. The number of anilines is 1. The summed E-state index contributed by atoms with van der Waals surface area (Å²) in [6.07, 6.45) is 8.38. The molecule has 5 nitrogen and oxygen atoms in total. The van der Waals surface area contributed by atoms with Crippen LogP contribution >= 0.6 is 0 Å². The minimum atomic E-state index is -0.0817. The zero-order valence-electron chi connectivity index (χ0n) is 14.8. The summed E-state index contributed by atoms with van der Waals surface area (Å²) < 4.78 is 1.77. The number of allylic oxidation sites excluding steroid dienone is 1. The molecule has 4 rings (SSSR count). The van der Waals surface area contributed by atoms with E-state index < -0.39 is 0 Å². The smallest absolute Gasteiger partial charge is 0.227 e. The Hall–Kier alpha value is -3.47. The molecular formula is C22H19N3O2. The fraction of sp³-hybridized carbons (Fsp3) is 0.136. The second-order valence-corrected chi connectivity index (χ2v) is 6.45. The van der Waals surface area contributed by atoms with Crippen LogP contribution in [0.3, 0.4) is 0 Å². The second kappa shape index (κ2) is 7.41. The molecule has 0 unspecified atom stereocenters. The van der Waals surface area contributed by atoms with E-state index in [-0.39, 0.29) is 11.7 Å². The highest BCUT2D eigenvalue weighted by atomic mass is 16.2. The van der Waals surface area contributed by atoms with Crippen molar-refractivity contribution in [3.8, 4) is 5.69 Å². The van der Waals surface area contributed by atoms with E-state index in [0.29, 0.717) is 12.0 Å². The van der Waals surface area contributed by atoms with Crippen LogP contribution in [0, 0.1) is 0 Å². The molecule has 134 valence electrons. The number of amides is 1. The van der Waals surface area contributed by atoms with Crippen molar-refractivity contribution < 1.29 is 9.59 Å². The Kier molecular flexibility index (Phi) is 4.66. The van der Waals surface area contributed by atoms with Crippen molar-refractivity contribution in [1.82, 2.24) is 9.78 Å². The third-order valence-corrected chi connectivity index (χ3v) is 4.59. The maximum absolute atomic E-state index is 12.4. The largest absolute Gasteiger partial charge is 0.312 e. The number of hydrogen-bond donors (Lipinski definition) is 0. The Bertz CT molecular complexity index is 988. The van der Waals surface area contributed by atoms with Crippen LogP contribution in [0.1, 0.15) is 28.8 Å². The summed E-state index contributed by atoms with van der Waals surface area (Å²) in [6.45, 7) is 0.747. The summed E-state index contributed by atoms with van der Waals surface area (Å²) >= 11 is 0. The van der Waals surface area contributed by atoms with Gasteiger partial charge in [-0.25, -0.2) is 4.68 Å². The lowest BCUT2D eigenvalue weighted by Crippen LogP contribution is -2.23. The van der Waals surface area contributed by atoms with Crippen LogP contribution in [0.25, 0.3) is 11.8 Å². The van der Waals surface area contributed by atoms with Crippen molar-refractivity contribution in [3.63, 3.8) is 0 Å². The quantitative estimate of drug-likeness (QED) is 0.514. The first-order valence-corrected chi connectivity index (χ1v) is 8.94. The molecule has 1 amide bonds. The topological polar surface area (TPSA) is 55.2 Å². The highest BCUT2D eigenvalue weighted by molar-refractivity contribution is 6.07. The molecule has 0 aliphatic carbocycles. The Morgan fingerprint density at radius 1 is 1.00 bits per heavy atom. The van der Waals surface area contributed by atoms with Gasteiger partial charge in [0.1, 0.15) is 0 Å². The van der Waals surface area contributed by atoms with Crippen LogP contribution in [0.15, 0.2) is 73.1 Å². The van der Waals surface area contributed by atoms with Gasteiger partial charge < -0.3 is 4.90 Å².